The summed E-state index contributed by atoms with van der Waals surface area (Å²) in [4.78, 5) is 12.1. The van der Waals surface area contributed by atoms with Gasteiger partial charge in [-0.1, -0.05) is 37.3 Å². The lowest BCUT2D eigenvalue weighted by Gasteiger charge is -2.15. The van der Waals surface area contributed by atoms with Gasteiger partial charge in [-0.25, -0.2) is 0 Å². The van der Waals surface area contributed by atoms with E-state index in [1.54, 1.807) is 0 Å². The molecule has 0 saturated carbocycles. The fourth-order valence-corrected chi connectivity index (χ4v) is 2.72. The second-order valence-electron chi connectivity index (χ2n) is 5.84. The topological polar surface area (TPSA) is 55.1 Å². The molecule has 0 fully saturated rings. The van der Waals surface area contributed by atoms with E-state index in [0.29, 0.717) is 0 Å². The lowest BCUT2D eigenvalue weighted by molar-refractivity contribution is -0.119. The summed E-state index contributed by atoms with van der Waals surface area (Å²) >= 11 is 0. The summed E-state index contributed by atoms with van der Waals surface area (Å²) in [6, 6.07) is 14.4. The van der Waals surface area contributed by atoms with Crippen LogP contribution in [0.1, 0.15) is 25.0 Å². The number of anilines is 1. The van der Waals surface area contributed by atoms with Gasteiger partial charge in [-0.2, -0.15) is 0 Å². The van der Waals surface area contributed by atoms with Crippen molar-refractivity contribution in [3.05, 3.63) is 53.6 Å². The van der Waals surface area contributed by atoms with Crippen molar-refractivity contribution in [3.63, 3.8) is 0 Å². The number of benzene rings is 2. The Morgan fingerprint density at radius 1 is 1.10 bits per heavy atom. The molecule has 0 aromatic heterocycles. The summed E-state index contributed by atoms with van der Waals surface area (Å²) in [5.74, 6) is -0.226. The van der Waals surface area contributed by atoms with E-state index in [0.717, 1.165) is 12.1 Å². The first kappa shape index (κ1) is 13.8. The van der Waals surface area contributed by atoms with Crippen molar-refractivity contribution >= 4 is 11.6 Å². The molecule has 2 aromatic rings. The fourth-order valence-electron chi connectivity index (χ4n) is 2.72. The number of amides is 1. The predicted molar refractivity (Wildman–Crippen MR) is 86.1 cm³/mol. The molecule has 3 rings (SSSR count). The Morgan fingerprint density at radius 3 is 2.57 bits per heavy atom. The van der Waals surface area contributed by atoms with E-state index in [4.69, 9.17) is 5.73 Å². The third-order valence-corrected chi connectivity index (χ3v) is 4.26. The van der Waals surface area contributed by atoms with Crippen LogP contribution in [0.2, 0.25) is 0 Å². The molecule has 2 unspecified atom stereocenters. The van der Waals surface area contributed by atoms with E-state index in [2.05, 4.69) is 41.7 Å². The molecule has 108 valence electrons. The van der Waals surface area contributed by atoms with Crippen molar-refractivity contribution in [3.8, 4) is 11.1 Å². The van der Waals surface area contributed by atoms with Gasteiger partial charge < -0.3 is 11.1 Å². The molecular formula is C18H20N2O. The van der Waals surface area contributed by atoms with Crippen LogP contribution in [0, 0.1) is 5.92 Å². The van der Waals surface area contributed by atoms with Crippen LogP contribution >= 0.6 is 0 Å². The first-order valence-corrected chi connectivity index (χ1v) is 7.34. The number of carbonyl (C=O) groups is 1. The monoisotopic (exact) mass is 280 g/mol. The SMILES string of the molecule is CC(N)C(C)C(=O)Nc1ccc2c(c1)Cc1ccccc1-2. The Labute approximate surface area is 125 Å². The van der Waals surface area contributed by atoms with Gasteiger partial charge in [0.05, 0.1) is 5.92 Å². The zero-order chi connectivity index (χ0) is 15.0. The summed E-state index contributed by atoms with van der Waals surface area (Å²) in [6.07, 6.45) is 0.929. The van der Waals surface area contributed by atoms with E-state index in [-0.39, 0.29) is 17.9 Å². The van der Waals surface area contributed by atoms with E-state index in [1.807, 2.05) is 19.9 Å². The summed E-state index contributed by atoms with van der Waals surface area (Å²) < 4.78 is 0. The van der Waals surface area contributed by atoms with Crippen LogP contribution in [-0.4, -0.2) is 11.9 Å². The van der Waals surface area contributed by atoms with Crippen molar-refractivity contribution in [1.29, 1.82) is 0 Å². The molecule has 0 aliphatic heterocycles. The highest BCUT2D eigenvalue weighted by Crippen LogP contribution is 2.37. The largest absolute Gasteiger partial charge is 0.327 e. The molecule has 2 atom stereocenters. The second kappa shape index (κ2) is 5.34. The standard InChI is InChI=1S/C18H20N2O/c1-11(12(2)19)18(21)20-15-7-8-17-14(10-15)9-13-5-3-4-6-16(13)17/h3-8,10-12H,9,19H2,1-2H3,(H,20,21). The van der Waals surface area contributed by atoms with Gasteiger partial charge in [-0.05, 0) is 47.7 Å². The van der Waals surface area contributed by atoms with Crippen LogP contribution in [0.5, 0.6) is 0 Å². The van der Waals surface area contributed by atoms with Crippen molar-refractivity contribution < 1.29 is 4.79 Å². The van der Waals surface area contributed by atoms with Crippen LogP contribution in [0.3, 0.4) is 0 Å². The summed E-state index contributed by atoms with van der Waals surface area (Å²) in [7, 11) is 0. The first-order chi connectivity index (χ1) is 10.1. The molecule has 2 aromatic carbocycles. The average Bonchev–Trinajstić information content (AvgIpc) is 2.83. The van der Waals surface area contributed by atoms with E-state index >= 15 is 0 Å². The number of hydrogen-bond donors (Lipinski definition) is 2. The average molecular weight is 280 g/mol. The molecule has 0 spiro atoms. The van der Waals surface area contributed by atoms with Gasteiger partial charge >= 0.3 is 0 Å². The molecule has 1 amide bonds. The lowest BCUT2D eigenvalue weighted by Crippen LogP contribution is -2.34. The maximum Gasteiger partial charge on any atom is 0.228 e. The Hall–Kier alpha value is -2.13. The van der Waals surface area contributed by atoms with Crippen LogP contribution in [0.25, 0.3) is 11.1 Å². The van der Waals surface area contributed by atoms with Gasteiger partial charge in [0.15, 0.2) is 0 Å². The molecule has 3 nitrogen and oxygen atoms in total. The van der Waals surface area contributed by atoms with E-state index in [9.17, 15) is 4.79 Å². The number of nitrogens with two attached hydrogens (primary N) is 1. The predicted octanol–water partition coefficient (Wildman–Crippen LogP) is 3.18. The minimum absolute atomic E-state index is 0.0274. The normalized spacial score (nSPS) is 15.0. The smallest absolute Gasteiger partial charge is 0.228 e. The zero-order valence-corrected chi connectivity index (χ0v) is 12.4. The van der Waals surface area contributed by atoms with Crippen LogP contribution in [0.4, 0.5) is 5.69 Å². The van der Waals surface area contributed by atoms with Gasteiger partial charge in [0.25, 0.3) is 0 Å². The van der Waals surface area contributed by atoms with Gasteiger partial charge in [-0.3, -0.25) is 4.79 Å². The molecule has 0 heterocycles. The molecule has 1 aliphatic rings. The quantitative estimate of drug-likeness (QED) is 0.774. The Balaban J connectivity index is 1.83. The molecule has 0 radical (unpaired) electrons. The summed E-state index contributed by atoms with van der Waals surface area (Å²) in [6.45, 7) is 3.70. The number of carbonyl (C=O) groups excluding carboxylic acids is 1. The van der Waals surface area contributed by atoms with Crippen LogP contribution in [-0.2, 0) is 11.2 Å². The molecule has 0 saturated heterocycles. The molecule has 1 aliphatic carbocycles. The summed E-state index contributed by atoms with van der Waals surface area (Å²) in [5, 5.41) is 2.96. The minimum atomic E-state index is -0.199. The minimum Gasteiger partial charge on any atom is -0.327 e. The first-order valence-electron chi connectivity index (χ1n) is 7.34. The Bertz CT molecular complexity index is 691. The molecule has 21 heavy (non-hydrogen) atoms. The number of nitrogens with one attached hydrogen (secondary N) is 1. The van der Waals surface area contributed by atoms with Crippen LogP contribution < -0.4 is 11.1 Å². The number of rotatable bonds is 3. The van der Waals surface area contributed by atoms with Crippen LogP contribution in [0.15, 0.2) is 42.5 Å². The van der Waals surface area contributed by atoms with E-state index in [1.165, 1.54) is 22.3 Å². The van der Waals surface area contributed by atoms with Crippen molar-refractivity contribution in [1.82, 2.24) is 0 Å². The third kappa shape index (κ3) is 2.57. The Morgan fingerprint density at radius 2 is 1.81 bits per heavy atom. The summed E-state index contributed by atoms with van der Waals surface area (Å²) in [5.41, 5.74) is 11.8. The maximum absolute atomic E-state index is 12.1. The third-order valence-electron chi connectivity index (χ3n) is 4.26. The van der Waals surface area contributed by atoms with Gasteiger partial charge in [0, 0.05) is 11.7 Å². The van der Waals surface area contributed by atoms with Crippen molar-refractivity contribution in [2.45, 2.75) is 26.3 Å². The maximum atomic E-state index is 12.1. The van der Waals surface area contributed by atoms with Gasteiger partial charge in [0.2, 0.25) is 5.91 Å². The Kier molecular flexibility index (Phi) is 3.52. The molecule has 0 bridgehead atoms. The highest BCUT2D eigenvalue weighted by molar-refractivity contribution is 5.93. The van der Waals surface area contributed by atoms with Gasteiger partial charge in [-0.15, -0.1) is 0 Å². The highest BCUT2D eigenvalue weighted by atomic mass is 16.1. The van der Waals surface area contributed by atoms with Gasteiger partial charge in [0.1, 0.15) is 0 Å². The molecular weight excluding hydrogens is 260 g/mol. The zero-order valence-electron chi connectivity index (χ0n) is 12.4. The molecule has 3 N–H and O–H groups in total. The molecule has 3 heteroatoms. The number of fused-ring (bicyclic) bond motifs is 3. The number of hydrogen-bond acceptors (Lipinski definition) is 2. The fraction of sp³-hybridized carbons (Fsp3) is 0.278. The highest BCUT2D eigenvalue weighted by Gasteiger charge is 2.20. The van der Waals surface area contributed by atoms with Crippen molar-refractivity contribution in [2.75, 3.05) is 5.32 Å². The lowest BCUT2D eigenvalue weighted by atomic mass is 10.0. The second-order valence-corrected chi connectivity index (χ2v) is 5.84. The van der Waals surface area contributed by atoms with Crippen molar-refractivity contribution in [2.24, 2.45) is 11.7 Å². The van der Waals surface area contributed by atoms with E-state index < -0.39 is 0 Å².